The Labute approximate surface area is 94.5 Å². The summed E-state index contributed by atoms with van der Waals surface area (Å²) in [6.07, 6.45) is 8.51. The van der Waals surface area contributed by atoms with Crippen LogP contribution in [0, 0.1) is 5.41 Å². The Balaban J connectivity index is 2.13. The summed E-state index contributed by atoms with van der Waals surface area (Å²) < 4.78 is 0. The summed E-state index contributed by atoms with van der Waals surface area (Å²) in [7, 11) is 0. The Bertz CT molecular complexity index is 482. The number of aromatic nitrogens is 1. The lowest BCUT2D eigenvalue weighted by Gasteiger charge is -2.14. The molecule has 1 fully saturated rings. The Kier molecular flexibility index (Phi) is 1.55. The van der Waals surface area contributed by atoms with Crippen LogP contribution in [0.25, 0.3) is 0 Å². The molecular weight excluding hydrogens is 206 g/mol. The van der Waals surface area contributed by atoms with Crippen LogP contribution in [0.15, 0.2) is 42.1 Å². The molecule has 2 aliphatic rings. The third kappa shape index (κ3) is 0.920. The number of halogens is 1. The van der Waals surface area contributed by atoms with Gasteiger partial charge in [-0.15, -0.1) is 0 Å². The first kappa shape index (κ1) is 9.17. The molecule has 0 N–H and O–H groups in total. The smallest absolute Gasteiger partial charge is 0.129 e. The lowest BCUT2D eigenvalue weighted by atomic mass is 9.89. The average molecular weight is 218 g/mol. The van der Waals surface area contributed by atoms with Gasteiger partial charge in [0.1, 0.15) is 5.15 Å². The first-order chi connectivity index (χ1) is 7.09. The van der Waals surface area contributed by atoms with Crippen molar-refractivity contribution >= 4 is 11.6 Å². The number of hydrogen-bond donors (Lipinski definition) is 0. The second-order valence-corrected chi connectivity index (χ2v) is 5.13. The highest BCUT2D eigenvalue weighted by atomic mass is 35.5. The van der Waals surface area contributed by atoms with Gasteiger partial charge in [-0.05, 0) is 17.2 Å². The number of fused-ring (bicyclic) bond motifs is 1. The SMILES string of the molecule is CC1(C)C2=CC=CC21c1ccc(Cl)nc1. The third-order valence-electron chi connectivity index (χ3n) is 3.81. The van der Waals surface area contributed by atoms with E-state index in [9.17, 15) is 0 Å². The fraction of sp³-hybridized carbons (Fsp3) is 0.308. The van der Waals surface area contributed by atoms with Crippen LogP contribution in [0.1, 0.15) is 19.4 Å². The van der Waals surface area contributed by atoms with Gasteiger partial charge < -0.3 is 0 Å². The first-order valence-corrected chi connectivity index (χ1v) is 5.49. The van der Waals surface area contributed by atoms with Crippen molar-refractivity contribution in [3.8, 4) is 0 Å². The van der Waals surface area contributed by atoms with Gasteiger partial charge in [0.25, 0.3) is 0 Å². The molecular formula is C13H12ClN. The van der Waals surface area contributed by atoms with Crippen LogP contribution in [0.5, 0.6) is 0 Å². The highest BCUT2D eigenvalue weighted by Crippen LogP contribution is 2.71. The number of nitrogens with zero attached hydrogens (tertiary/aromatic N) is 1. The van der Waals surface area contributed by atoms with E-state index in [2.05, 4.69) is 43.1 Å². The van der Waals surface area contributed by atoms with Crippen molar-refractivity contribution in [2.75, 3.05) is 0 Å². The highest BCUT2D eigenvalue weighted by Gasteiger charge is 2.66. The molecule has 1 nitrogen and oxygen atoms in total. The number of allylic oxidation sites excluding steroid dienone is 4. The normalized spacial score (nSPS) is 29.9. The molecule has 0 saturated heterocycles. The topological polar surface area (TPSA) is 12.9 Å². The van der Waals surface area contributed by atoms with Crippen molar-refractivity contribution in [1.29, 1.82) is 0 Å². The number of rotatable bonds is 1. The van der Waals surface area contributed by atoms with Gasteiger partial charge in [-0.2, -0.15) is 0 Å². The van der Waals surface area contributed by atoms with Crippen LogP contribution in [0.2, 0.25) is 5.15 Å². The zero-order chi connectivity index (χ0) is 10.7. The van der Waals surface area contributed by atoms with E-state index in [0.29, 0.717) is 5.15 Å². The molecule has 1 aromatic heterocycles. The number of hydrogen-bond acceptors (Lipinski definition) is 1. The largest absolute Gasteiger partial charge is 0.244 e. The van der Waals surface area contributed by atoms with Crippen molar-refractivity contribution in [1.82, 2.24) is 4.98 Å². The standard InChI is InChI=1S/C13H12ClN/c1-12(2)10-4-3-7-13(10,12)9-5-6-11(14)15-8-9/h3-8H,1-2H3. The van der Waals surface area contributed by atoms with E-state index in [1.807, 2.05) is 12.3 Å². The van der Waals surface area contributed by atoms with Gasteiger partial charge in [-0.1, -0.05) is 49.7 Å². The minimum Gasteiger partial charge on any atom is -0.244 e. The molecule has 3 rings (SSSR count). The average Bonchev–Trinajstić information content (AvgIpc) is 2.60. The number of pyridine rings is 1. The van der Waals surface area contributed by atoms with E-state index in [0.717, 1.165) is 0 Å². The summed E-state index contributed by atoms with van der Waals surface area (Å²) in [5.74, 6) is 0. The van der Waals surface area contributed by atoms with E-state index >= 15 is 0 Å². The van der Waals surface area contributed by atoms with Crippen LogP contribution in [0.3, 0.4) is 0 Å². The fourth-order valence-electron chi connectivity index (χ4n) is 2.87. The van der Waals surface area contributed by atoms with Gasteiger partial charge in [0.2, 0.25) is 0 Å². The molecule has 1 saturated carbocycles. The van der Waals surface area contributed by atoms with Gasteiger partial charge in [0, 0.05) is 17.0 Å². The second-order valence-electron chi connectivity index (χ2n) is 4.74. The maximum atomic E-state index is 5.80. The zero-order valence-electron chi connectivity index (χ0n) is 8.79. The van der Waals surface area contributed by atoms with Crippen LogP contribution < -0.4 is 0 Å². The molecule has 1 aromatic rings. The summed E-state index contributed by atoms with van der Waals surface area (Å²) in [5.41, 5.74) is 3.08. The molecule has 76 valence electrons. The van der Waals surface area contributed by atoms with Gasteiger partial charge in [0.05, 0.1) is 0 Å². The predicted molar refractivity (Wildman–Crippen MR) is 61.9 cm³/mol. The van der Waals surface area contributed by atoms with E-state index in [1.165, 1.54) is 11.1 Å². The van der Waals surface area contributed by atoms with Crippen molar-refractivity contribution in [2.24, 2.45) is 5.41 Å². The minimum absolute atomic E-state index is 0.102. The molecule has 2 heteroatoms. The quantitative estimate of drug-likeness (QED) is 0.656. The van der Waals surface area contributed by atoms with Crippen LogP contribution in [0.4, 0.5) is 0 Å². The molecule has 1 unspecified atom stereocenters. The van der Waals surface area contributed by atoms with Gasteiger partial charge >= 0.3 is 0 Å². The molecule has 0 spiro atoms. The van der Waals surface area contributed by atoms with E-state index < -0.39 is 0 Å². The molecule has 0 amide bonds. The Morgan fingerprint density at radius 2 is 2.07 bits per heavy atom. The summed E-state index contributed by atoms with van der Waals surface area (Å²) in [6, 6.07) is 3.94. The molecule has 0 aliphatic heterocycles. The van der Waals surface area contributed by atoms with Gasteiger partial charge in [-0.3, -0.25) is 0 Å². The van der Waals surface area contributed by atoms with E-state index in [1.54, 1.807) is 0 Å². The maximum Gasteiger partial charge on any atom is 0.129 e. The van der Waals surface area contributed by atoms with Crippen LogP contribution in [-0.4, -0.2) is 4.98 Å². The van der Waals surface area contributed by atoms with Crippen molar-refractivity contribution < 1.29 is 0 Å². The second kappa shape index (κ2) is 2.53. The molecule has 15 heavy (non-hydrogen) atoms. The summed E-state index contributed by atoms with van der Waals surface area (Å²) in [4.78, 5) is 4.17. The van der Waals surface area contributed by atoms with Gasteiger partial charge in [0.15, 0.2) is 0 Å². The summed E-state index contributed by atoms with van der Waals surface area (Å²) >= 11 is 5.80. The zero-order valence-corrected chi connectivity index (χ0v) is 9.55. The molecule has 0 bridgehead atoms. The molecule has 2 aliphatic carbocycles. The molecule has 1 atom stereocenters. The predicted octanol–water partition coefficient (Wildman–Crippen LogP) is 3.51. The van der Waals surface area contributed by atoms with E-state index in [4.69, 9.17) is 11.6 Å². The maximum absolute atomic E-state index is 5.80. The molecule has 1 heterocycles. The van der Waals surface area contributed by atoms with Crippen LogP contribution >= 0.6 is 11.6 Å². The fourth-order valence-corrected chi connectivity index (χ4v) is 2.98. The van der Waals surface area contributed by atoms with Crippen LogP contribution in [-0.2, 0) is 5.41 Å². The van der Waals surface area contributed by atoms with Gasteiger partial charge in [-0.25, -0.2) is 4.98 Å². The molecule has 0 aromatic carbocycles. The highest BCUT2D eigenvalue weighted by molar-refractivity contribution is 6.29. The van der Waals surface area contributed by atoms with E-state index in [-0.39, 0.29) is 10.8 Å². The Morgan fingerprint density at radius 3 is 2.60 bits per heavy atom. The first-order valence-electron chi connectivity index (χ1n) is 5.11. The minimum atomic E-state index is 0.102. The summed E-state index contributed by atoms with van der Waals surface area (Å²) in [5, 5.41) is 0.557. The lowest BCUT2D eigenvalue weighted by molar-refractivity contribution is 0.566. The Hall–Kier alpha value is -1.08. The van der Waals surface area contributed by atoms with Crippen molar-refractivity contribution in [2.45, 2.75) is 19.3 Å². The molecule has 0 radical (unpaired) electrons. The van der Waals surface area contributed by atoms with Crippen molar-refractivity contribution in [3.05, 3.63) is 52.8 Å². The lowest BCUT2D eigenvalue weighted by Crippen LogP contribution is -2.11. The summed E-state index contributed by atoms with van der Waals surface area (Å²) in [6.45, 7) is 4.55. The van der Waals surface area contributed by atoms with Crippen molar-refractivity contribution in [3.63, 3.8) is 0 Å². The Morgan fingerprint density at radius 1 is 1.27 bits per heavy atom. The third-order valence-corrected chi connectivity index (χ3v) is 4.04. The monoisotopic (exact) mass is 217 g/mol.